The number of nitrogens with zero attached hydrogens (tertiary/aromatic N) is 3. The van der Waals surface area contributed by atoms with Crippen LogP contribution in [0.4, 0.5) is 0 Å². The lowest BCUT2D eigenvalue weighted by Gasteiger charge is -2.18. The Kier molecular flexibility index (Phi) is 8.09. The number of para-hydroxylation sites is 2. The van der Waals surface area contributed by atoms with Crippen LogP contribution in [0.2, 0.25) is 0 Å². The number of hydrogen-bond donors (Lipinski definition) is 2. The van der Waals surface area contributed by atoms with Crippen LogP contribution in [0.5, 0.6) is 0 Å². The molecule has 0 saturated carbocycles. The van der Waals surface area contributed by atoms with Crippen molar-refractivity contribution in [1.29, 1.82) is 0 Å². The van der Waals surface area contributed by atoms with Gasteiger partial charge in [-0.2, -0.15) is 0 Å². The minimum absolute atomic E-state index is 0. The number of fused-ring (bicyclic) bond motifs is 1. The Morgan fingerprint density at radius 3 is 2.56 bits per heavy atom. The molecule has 0 saturated heterocycles. The summed E-state index contributed by atoms with van der Waals surface area (Å²) in [4.78, 5) is 8.95. The van der Waals surface area contributed by atoms with Crippen LogP contribution in [0.25, 0.3) is 11.0 Å². The van der Waals surface area contributed by atoms with E-state index in [-0.39, 0.29) is 30.0 Å². The lowest BCUT2D eigenvalue weighted by atomic mass is 10.1. The molecule has 6 heteroatoms. The largest absolute Gasteiger partial charge is 0.356 e. The summed E-state index contributed by atoms with van der Waals surface area (Å²) in [5.41, 5.74) is 3.51. The van der Waals surface area contributed by atoms with Gasteiger partial charge in [0.2, 0.25) is 0 Å². The number of guanidine groups is 1. The molecule has 2 aromatic carbocycles. The highest BCUT2D eigenvalue weighted by molar-refractivity contribution is 14.0. The van der Waals surface area contributed by atoms with E-state index in [1.165, 1.54) is 11.1 Å². The molecule has 27 heavy (non-hydrogen) atoms. The van der Waals surface area contributed by atoms with Crippen LogP contribution < -0.4 is 10.6 Å². The first-order valence-electron chi connectivity index (χ1n) is 9.13. The zero-order valence-electron chi connectivity index (χ0n) is 16.1. The fourth-order valence-electron chi connectivity index (χ4n) is 3.15. The summed E-state index contributed by atoms with van der Waals surface area (Å²) in [6, 6.07) is 18.9. The summed E-state index contributed by atoms with van der Waals surface area (Å²) in [6.45, 7) is 6.00. The van der Waals surface area contributed by atoms with Crippen LogP contribution >= 0.6 is 24.0 Å². The molecule has 0 aliphatic carbocycles. The van der Waals surface area contributed by atoms with E-state index in [0.29, 0.717) is 0 Å². The lowest BCUT2D eigenvalue weighted by molar-refractivity contribution is 0.615. The number of aromatic nitrogens is 2. The molecule has 0 fully saturated rings. The van der Waals surface area contributed by atoms with E-state index in [0.717, 1.165) is 36.8 Å². The lowest BCUT2D eigenvalue weighted by Crippen LogP contribution is -2.39. The number of aryl methyl sites for hydroxylation is 2. The van der Waals surface area contributed by atoms with E-state index in [4.69, 9.17) is 0 Å². The van der Waals surface area contributed by atoms with Crippen LogP contribution in [0.15, 0.2) is 59.6 Å². The van der Waals surface area contributed by atoms with Crippen LogP contribution in [-0.2, 0) is 6.54 Å². The monoisotopic (exact) mass is 477 g/mol. The Morgan fingerprint density at radius 1 is 1.11 bits per heavy atom. The maximum atomic E-state index is 4.62. The Morgan fingerprint density at radius 2 is 1.81 bits per heavy atom. The van der Waals surface area contributed by atoms with Crippen LogP contribution in [0, 0.1) is 6.92 Å². The van der Waals surface area contributed by atoms with Gasteiger partial charge in [-0.3, -0.25) is 4.99 Å². The summed E-state index contributed by atoms with van der Waals surface area (Å²) in [7, 11) is 1.81. The standard InChI is InChI=1S/C21H27N5.HI/c1-16(18-10-5-4-6-11-18)24-21(22-3)23-14-9-15-26-17(2)25-19-12-7-8-13-20(19)26;/h4-8,10-13,16H,9,14-15H2,1-3H3,(H2,22,23,24);1H. The fraction of sp³-hybridized carbons (Fsp3) is 0.333. The van der Waals surface area contributed by atoms with Crippen molar-refractivity contribution >= 4 is 41.0 Å². The van der Waals surface area contributed by atoms with Gasteiger partial charge in [0, 0.05) is 20.1 Å². The predicted octanol–water partition coefficient (Wildman–Crippen LogP) is 4.28. The van der Waals surface area contributed by atoms with Gasteiger partial charge in [-0.15, -0.1) is 24.0 Å². The van der Waals surface area contributed by atoms with Gasteiger partial charge in [-0.25, -0.2) is 4.98 Å². The van der Waals surface area contributed by atoms with Gasteiger partial charge in [0.05, 0.1) is 17.1 Å². The summed E-state index contributed by atoms with van der Waals surface area (Å²) in [5, 5.41) is 6.84. The van der Waals surface area contributed by atoms with E-state index in [1.807, 2.05) is 12.1 Å². The van der Waals surface area contributed by atoms with Crippen molar-refractivity contribution in [3.05, 3.63) is 66.0 Å². The van der Waals surface area contributed by atoms with E-state index in [1.54, 1.807) is 7.05 Å². The Bertz CT molecular complexity index is 873. The van der Waals surface area contributed by atoms with E-state index >= 15 is 0 Å². The highest BCUT2D eigenvalue weighted by Crippen LogP contribution is 2.15. The fourth-order valence-corrected chi connectivity index (χ4v) is 3.15. The van der Waals surface area contributed by atoms with Gasteiger partial charge in [-0.1, -0.05) is 42.5 Å². The molecule has 0 aliphatic heterocycles. The third-order valence-corrected chi connectivity index (χ3v) is 4.57. The predicted molar refractivity (Wildman–Crippen MR) is 124 cm³/mol. The number of rotatable bonds is 6. The number of aliphatic imine (C=N–C) groups is 1. The number of imidazole rings is 1. The van der Waals surface area contributed by atoms with Crippen molar-refractivity contribution in [3.8, 4) is 0 Å². The molecule has 1 aromatic heterocycles. The number of nitrogens with one attached hydrogen (secondary N) is 2. The summed E-state index contributed by atoms with van der Waals surface area (Å²) < 4.78 is 2.28. The van der Waals surface area contributed by atoms with Crippen molar-refractivity contribution in [2.24, 2.45) is 4.99 Å². The molecule has 1 unspecified atom stereocenters. The SMILES string of the molecule is CN=C(NCCCn1c(C)nc2ccccc21)NC(C)c1ccccc1.I. The minimum atomic E-state index is 0. The van der Waals surface area contributed by atoms with E-state index < -0.39 is 0 Å². The third kappa shape index (κ3) is 5.45. The number of benzene rings is 2. The molecular weight excluding hydrogens is 449 g/mol. The van der Waals surface area contributed by atoms with Gasteiger partial charge in [-0.05, 0) is 38.0 Å². The molecule has 0 amide bonds. The first-order valence-corrected chi connectivity index (χ1v) is 9.13. The molecule has 144 valence electrons. The Balaban J connectivity index is 0.00000261. The van der Waals surface area contributed by atoms with Gasteiger partial charge in [0.15, 0.2) is 5.96 Å². The third-order valence-electron chi connectivity index (χ3n) is 4.57. The molecule has 1 heterocycles. The van der Waals surface area contributed by atoms with Crippen molar-refractivity contribution < 1.29 is 0 Å². The van der Waals surface area contributed by atoms with Crippen LogP contribution in [0.1, 0.15) is 30.8 Å². The average Bonchev–Trinajstić information content (AvgIpc) is 3.00. The van der Waals surface area contributed by atoms with Gasteiger partial charge >= 0.3 is 0 Å². The Hall–Kier alpha value is -2.09. The van der Waals surface area contributed by atoms with Crippen LogP contribution in [-0.4, -0.2) is 29.1 Å². The molecule has 0 bridgehead atoms. The number of hydrogen-bond acceptors (Lipinski definition) is 2. The van der Waals surface area contributed by atoms with Crippen molar-refractivity contribution in [2.75, 3.05) is 13.6 Å². The van der Waals surface area contributed by atoms with Gasteiger partial charge in [0.1, 0.15) is 5.82 Å². The topological polar surface area (TPSA) is 54.2 Å². The maximum absolute atomic E-state index is 4.62. The first-order chi connectivity index (χ1) is 12.7. The highest BCUT2D eigenvalue weighted by atomic mass is 127. The molecular formula is C21H28IN5. The zero-order valence-corrected chi connectivity index (χ0v) is 18.5. The molecule has 0 radical (unpaired) electrons. The zero-order chi connectivity index (χ0) is 18.4. The summed E-state index contributed by atoms with van der Waals surface area (Å²) >= 11 is 0. The van der Waals surface area contributed by atoms with Gasteiger partial charge in [0.25, 0.3) is 0 Å². The molecule has 2 N–H and O–H groups in total. The second kappa shape index (κ2) is 10.3. The smallest absolute Gasteiger partial charge is 0.191 e. The molecule has 3 aromatic rings. The van der Waals surface area contributed by atoms with Crippen LogP contribution in [0.3, 0.4) is 0 Å². The molecule has 0 aliphatic rings. The molecule has 1 atom stereocenters. The summed E-state index contributed by atoms with van der Waals surface area (Å²) in [6.07, 6.45) is 1.00. The highest BCUT2D eigenvalue weighted by Gasteiger charge is 2.08. The quantitative estimate of drug-likeness (QED) is 0.241. The van der Waals surface area contributed by atoms with Crippen molar-refractivity contribution in [1.82, 2.24) is 20.2 Å². The average molecular weight is 477 g/mol. The van der Waals surface area contributed by atoms with E-state index in [9.17, 15) is 0 Å². The molecule has 0 spiro atoms. The summed E-state index contributed by atoms with van der Waals surface area (Å²) in [5.74, 6) is 1.89. The second-order valence-corrected chi connectivity index (χ2v) is 6.43. The second-order valence-electron chi connectivity index (χ2n) is 6.43. The first kappa shape index (κ1) is 21.2. The minimum Gasteiger partial charge on any atom is -0.356 e. The maximum Gasteiger partial charge on any atom is 0.191 e. The Labute approximate surface area is 178 Å². The van der Waals surface area contributed by atoms with Crippen molar-refractivity contribution in [3.63, 3.8) is 0 Å². The normalized spacial score (nSPS) is 12.5. The van der Waals surface area contributed by atoms with E-state index in [2.05, 4.69) is 81.5 Å². The van der Waals surface area contributed by atoms with Gasteiger partial charge < -0.3 is 15.2 Å². The van der Waals surface area contributed by atoms with Crippen molar-refractivity contribution in [2.45, 2.75) is 32.9 Å². The number of halogens is 1. The molecule has 5 nitrogen and oxygen atoms in total. The molecule has 3 rings (SSSR count).